The monoisotopic (exact) mass is 530 g/mol. The molecule has 0 atom stereocenters. The number of amides is 1. The summed E-state index contributed by atoms with van der Waals surface area (Å²) in [6.07, 6.45) is 4.65. The van der Waals surface area contributed by atoms with Crippen LogP contribution in [-0.2, 0) is 4.79 Å². The first-order chi connectivity index (χ1) is 14.2. The lowest BCUT2D eigenvalue weighted by molar-refractivity contribution is -0.130. The van der Waals surface area contributed by atoms with Crippen LogP contribution in [-0.4, -0.2) is 109 Å². The Kier molecular flexibility index (Phi) is 10.6. The third-order valence-corrected chi connectivity index (χ3v) is 5.46. The van der Waals surface area contributed by atoms with Gasteiger partial charge in [0.1, 0.15) is 0 Å². The van der Waals surface area contributed by atoms with Crippen molar-refractivity contribution in [3.63, 3.8) is 0 Å². The van der Waals surface area contributed by atoms with E-state index in [4.69, 9.17) is 4.99 Å². The molecule has 0 aliphatic carbocycles. The van der Waals surface area contributed by atoms with Crippen molar-refractivity contribution in [2.24, 2.45) is 4.99 Å². The molecule has 10 heteroatoms. The zero-order valence-corrected chi connectivity index (χ0v) is 20.5. The Morgan fingerprint density at radius 3 is 2.27 bits per heavy atom. The summed E-state index contributed by atoms with van der Waals surface area (Å²) in [5.41, 5.74) is 0. The number of guanidine groups is 1. The minimum Gasteiger partial charge on any atom is -0.357 e. The number of nitrogens with zero attached hydrogens (tertiary/aromatic N) is 7. The highest BCUT2D eigenvalue weighted by atomic mass is 127. The number of piperazine rings is 2. The fourth-order valence-electron chi connectivity index (χ4n) is 3.76. The second-order valence-corrected chi connectivity index (χ2v) is 7.46. The Labute approximate surface area is 196 Å². The number of aliphatic imine (C=N–C) groups is 1. The van der Waals surface area contributed by atoms with Crippen LogP contribution in [0.25, 0.3) is 0 Å². The molecule has 30 heavy (non-hydrogen) atoms. The maximum Gasteiger partial charge on any atom is 0.225 e. The quantitative estimate of drug-likeness (QED) is 0.252. The number of aromatic nitrogens is 2. The molecule has 1 aromatic rings. The van der Waals surface area contributed by atoms with Gasteiger partial charge in [-0.1, -0.05) is 0 Å². The number of halogens is 1. The Balaban J connectivity index is 0.00000320. The lowest BCUT2D eigenvalue weighted by Gasteiger charge is -2.36. The molecular weight excluding hydrogens is 495 g/mol. The predicted octanol–water partition coefficient (Wildman–Crippen LogP) is 0.736. The molecule has 3 rings (SSSR count). The van der Waals surface area contributed by atoms with Gasteiger partial charge in [0.15, 0.2) is 5.96 Å². The van der Waals surface area contributed by atoms with Gasteiger partial charge in [0.25, 0.3) is 0 Å². The molecule has 1 N–H and O–H groups in total. The molecule has 1 amide bonds. The molecule has 9 nitrogen and oxygen atoms in total. The van der Waals surface area contributed by atoms with Crippen molar-refractivity contribution in [3.05, 3.63) is 18.5 Å². The fraction of sp³-hybridized carbons (Fsp3) is 0.700. The minimum absolute atomic E-state index is 0. The van der Waals surface area contributed by atoms with Crippen molar-refractivity contribution in [1.82, 2.24) is 30.0 Å². The number of hydrogen-bond donors (Lipinski definition) is 1. The predicted molar refractivity (Wildman–Crippen MR) is 131 cm³/mol. The van der Waals surface area contributed by atoms with Crippen molar-refractivity contribution >= 4 is 41.8 Å². The Morgan fingerprint density at radius 2 is 1.67 bits per heavy atom. The third kappa shape index (κ3) is 7.22. The molecule has 2 aliphatic heterocycles. The van der Waals surface area contributed by atoms with Gasteiger partial charge < -0.3 is 20.0 Å². The molecule has 1 aromatic heterocycles. The third-order valence-electron chi connectivity index (χ3n) is 5.46. The molecule has 2 aliphatic rings. The normalized spacial score (nSPS) is 18.2. The average Bonchev–Trinajstić information content (AvgIpc) is 2.77. The van der Waals surface area contributed by atoms with Gasteiger partial charge in [0.05, 0.1) is 0 Å². The second kappa shape index (κ2) is 12.9. The zero-order chi connectivity index (χ0) is 20.5. The molecule has 0 unspecified atom stereocenters. The van der Waals surface area contributed by atoms with Crippen LogP contribution in [0.15, 0.2) is 23.5 Å². The van der Waals surface area contributed by atoms with Gasteiger partial charge in [-0.05, 0) is 19.4 Å². The smallest absolute Gasteiger partial charge is 0.225 e. The van der Waals surface area contributed by atoms with Gasteiger partial charge in [-0.15, -0.1) is 24.0 Å². The van der Waals surface area contributed by atoms with Gasteiger partial charge in [-0.25, -0.2) is 9.97 Å². The number of nitrogens with one attached hydrogen (secondary N) is 1. The van der Waals surface area contributed by atoms with Gasteiger partial charge >= 0.3 is 0 Å². The van der Waals surface area contributed by atoms with Crippen molar-refractivity contribution < 1.29 is 4.79 Å². The lowest BCUT2D eigenvalue weighted by atomic mass is 10.3. The topological polar surface area (TPSA) is 80.2 Å². The first-order valence-corrected chi connectivity index (χ1v) is 10.7. The second-order valence-electron chi connectivity index (χ2n) is 7.46. The summed E-state index contributed by atoms with van der Waals surface area (Å²) in [6, 6.07) is 1.85. The van der Waals surface area contributed by atoms with E-state index in [1.807, 2.05) is 11.0 Å². The first kappa shape index (κ1) is 24.6. The average molecular weight is 530 g/mol. The number of anilines is 1. The summed E-state index contributed by atoms with van der Waals surface area (Å²) < 4.78 is 0. The number of rotatable bonds is 6. The highest BCUT2D eigenvalue weighted by Gasteiger charge is 2.21. The van der Waals surface area contributed by atoms with Gasteiger partial charge in [0, 0.05) is 91.3 Å². The number of hydrogen-bond acceptors (Lipinski definition) is 6. The van der Waals surface area contributed by atoms with Crippen LogP contribution in [0.2, 0.25) is 0 Å². The van der Waals surface area contributed by atoms with E-state index >= 15 is 0 Å². The molecule has 3 heterocycles. The van der Waals surface area contributed by atoms with Crippen LogP contribution in [0.4, 0.5) is 5.95 Å². The van der Waals surface area contributed by atoms with Crippen LogP contribution in [0.5, 0.6) is 0 Å². The van der Waals surface area contributed by atoms with E-state index in [2.05, 4.69) is 36.9 Å². The van der Waals surface area contributed by atoms with E-state index in [0.717, 1.165) is 90.3 Å². The number of carbonyl (C=O) groups excluding carboxylic acids is 1. The van der Waals surface area contributed by atoms with E-state index in [1.54, 1.807) is 19.3 Å². The van der Waals surface area contributed by atoms with Crippen LogP contribution in [0.1, 0.15) is 20.3 Å². The maximum absolute atomic E-state index is 11.5. The number of carbonyl (C=O) groups is 1. The highest BCUT2D eigenvalue weighted by Crippen LogP contribution is 2.10. The fourth-order valence-corrected chi connectivity index (χ4v) is 3.76. The Bertz CT molecular complexity index is 658. The van der Waals surface area contributed by atoms with Crippen molar-refractivity contribution in [3.8, 4) is 0 Å². The molecule has 0 saturated carbocycles. The lowest BCUT2D eigenvalue weighted by Crippen LogP contribution is -2.53. The van der Waals surface area contributed by atoms with E-state index in [9.17, 15) is 4.79 Å². The summed E-state index contributed by atoms with van der Waals surface area (Å²) in [4.78, 5) is 33.9. The van der Waals surface area contributed by atoms with Gasteiger partial charge in [-0.3, -0.25) is 14.7 Å². The van der Waals surface area contributed by atoms with Crippen LogP contribution in [0, 0.1) is 0 Å². The summed E-state index contributed by atoms with van der Waals surface area (Å²) in [6.45, 7) is 13.7. The van der Waals surface area contributed by atoms with Gasteiger partial charge in [-0.2, -0.15) is 0 Å². The molecule has 0 spiro atoms. The Morgan fingerprint density at radius 1 is 1.03 bits per heavy atom. The molecule has 2 fully saturated rings. The largest absolute Gasteiger partial charge is 0.357 e. The first-order valence-electron chi connectivity index (χ1n) is 10.7. The summed E-state index contributed by atoms with van der Waals surface area (Å²) in [5.74, 6) is 1.96. The maximum atomic E-state index is 11.5. The zero-order valence-electron chi connectivity index (χ0n) is 18.2. The van der Waals surface area contributed by atoms with Crippen molar-refractivity contribution in [2.75, 3.05) is 76.9 Å². The van der Waals surface area contributed by atoms with Crippen LogP contribution < -0.4 is 10.2 Å². The van der Waals surface area contributed by atoms with E-state index in [0.29, 0.717) is 0 Å². The molecule has 168 valence electrons. The molecular formula is C20H35IN8O. The summed E-state index contributed by atoms with van der Waals surface area (Å²) in [7, 11) is 0. The van der Waals surface area contributed by atoms with Crippen LogP contribution in [0.3, 0.4) is 0 Å². The molecule has 0 aromatic carbocycles. The summed E-state index contributed by atoms with van der Waals surface area (Å²) in [5, 5.41) is 3.40. The van der Waals surface area contributed by atoms with E-state index < -0.39 is 0 Å². The highest BCUT2D eigenvalue weighted by molar-refractivity contribution is 14.0. The summed E-state index contributed by atoms with van der Waals surface area (Å²) >= 11 is 0. The molecule has 0 bridgehead atoms. The van der Waals surface area contributed by atoms with Crippen molar-refractivity contribution in [1.29, 1.82) is 0 Å². The van der Waals surface area contributed by atoms with Crippen molar-refractivity contribution in [2.45, 2.75) is 20.3 Å². The van der Waals surface area contributed by atoms with E-state index in [1.165, 1.54) is 0 Å². The molecule has 0 radical (unpaired) electrons. The SMILES string of the molecule is CCNC(=NCCCN1CCN(c2ncccn2)CC1)N1CCN(C(C)=O)CC1.I. The van der Waals surface area contributed by atoms with E-state index in [-0.39, 0.29) is 29.9 Å². The minimum atomic E-state index is 0. The Hall–Kier alpha value is -1.69. The van der Waals surface area contributed by atoms with Gasteiger partial charge in [0.2, 0.25) is 11.9 Å². The van der Waals surface area contributed by atoms with Crippen LogP contribution >= 0.6 is 24.0 Å². The standard InChI is InChI=1S/C20H34N8O.HI/c1-3-21-19(28-16-14-26(15-17-28)18(2)29)24-8-5-9-25-10-12-27(13-11-25)20-22-6-4-7-23-20;/h4,6-7H,3,5,8-17H2,1-2H3,(H,21,24);1H. The molecule has 2 saturated heterocycles.